The minimum atomic E-state index is -0.601. The van der Waals surface area contributed by atoms with Gasteiger partial charge in [-0.1, -0.05) is 61.3 Å². The number of rotatable bonds is 6. The van der Waals surface area contributed by atoms with Gasteiger partial charge >= 0.3 is 0 Å². The van der Waals surface area contributed by atoms with Crippen molar-refractivity contribution in [2.75, 3.05) is 0 Å². The van der Waals surface area contributed by atoms with Crippen molar-refractivity contribution in [1.82, 2.24) is 14.4 Å². The molecular formula is C26H28Cl2N6O. The van der Waals surface area contributed by atoms with E-state index in [9.17, 15) is 4.79 Å². The van der Waals surface area contributed by atoms with Crippen molar-refractivity contribution in [1.29, 1.82) is 0 Å². The van der Waals surface area contributed by atoms with E-state index in [-0.39, 0.29) is 12.1 Å². The van der Waals surface area contributed by atoms with E-state index in [1.54, 1.807) is 18.2 Å². The molecule has 0 saturated heterocycles. The molecule has 0 spiro atoms. The highest BCUT2D eigenvalue weighted by Gasteiger charge is 2.19. The second-order valence-electron chi connectivity index (χ2n) is 7.55. The topological polar surface area (TPSA) is 116 Å². The molecule has 1 amide bonds. The molecule has 6 N–H and O–H groups in total. The van der Waals surface area contributed by atoms with Crippen molar-refractivity contribution >= 4 is 40.5 Å². The van der Waals surface area contributed by atoms with Crippen LogP contribution in [0.15, 0.2) is 72.6 Å². The Labute approximate surface area is 214 Å². The summed E-state index contributed by atoms with van der Waals surface area (Å²) in [5, 5.41) is 2.44. The van der Waals surface area contributed by atoms with Crippen LogP contribution in [0.3, 0.4) is 0 Å². The fourth-order valence-electron chi connectivity index (χ4n) is 3.56. The van der Waals surface area contributed by atoms with Gasteiger partial charge in [-0.2, -0.15) is 0 Å². The van der Waals surface area contributed by atoms with E-state index in [2.05, 4.69) is 0 Å². The second-order valence-corrected chi connectivity index (χ2v) is 8.39. The van der Waals surface area contributed by atoms with Gasteiger partial charge in [0.2, 0.25) is 5.91 Å². The van der Waals surface area contributed by atoms with Gasteiger partial charge in [-0.25, -0.2) is 10.8 Å². The first-order valence-electron chi connectivity index (χ1n) is 11.1. The molecule has 0 bridgehead atoms. The summed E-state index contributed by atoms with van der Waals surface area (Å²) in [4.78, 5) is 16.4. The third-order valence-electron chi connectivity index (χ3n) is 5.37. The quantitative estimate of drug-likeness (QED) is 0.235. The lowest BCUT2D eigenvalue weighted by Gasteiger charge is -2.22. The Morgan fingerprint density at radius 2 is 1.71 bits per heavy atom. The first-order valence-corrected chi connectivity index (χ1v) is 11.8. The molecule has 0 aliphatic heterocycles. The average molecular weight is 511 g/mol. The van der Waals surface area contributed by atoms with Crippen molar-refractivity contribution in [3.63, 3.8) is 0 Å². The number of hydrogen-bond acceptors (Lipinski definition) is 5. The van der Waals surface area contributed by atoms with Crippen LogP contribution >= 0.6 is 23.2 Å². The molecule has 0 unspecified atom stereocenters. The van der Waals surface area contributed by atoms with Crippen molar-refractivity contribution in [3.8, 4) is 11.3 Å². The molecule has 35 heavy (non-hydrogen) atoms. The number of nitrogens with zero attached hydrogens (tertiary/aromatic N) is 3. The van der Waals surface area contributed by atoms with E-state index >= 15 is 0 Å². The van der Waals surface area contributed by atoms with Gasteiger partial charge in [0, 0.05) is 16.8 Å². The zero-order valence-electron chi connectivity index (χ0n) is 19.8. The van der Waals surface area contributed by atoms with E-state index in [0.29, 0.717) is 27.1 Å². The molecule has 4 aromatic rings. The Kier molecular flexibility index (Phi) is 8.40. The number of hydrazine groups is 1. The number of halogens is 2. The summed E-state index contributed by atoms with van der Waals surface area (Å²) < 4.78 is 1.92. The predicted molar refractivity (Wildman–Crippen MR) is 143 cm³/mol. The molecule has 182 valence electrons. The van der Waals surface area contributed by atoms with Gasteiger partial charge < -0.3 is 16.5 Å². The van der Waals surface area contributed by atoms with Gasteiger partial charge in [0.05, 0.1) is 39.9 Å². The number of aromatic nitrogens is 2. The third kappa shape index (κ3) is 5.59. The Bertz CT molecular complexity index is 1380. The largest absolute Gasteiger partial charge is 0.396 e. The molecule has 2 heterocycles. The van der Waals surface area contributed by atoms with Crippen LogP contribution in [-0.4, -0.2) is 20.3 Å². The van der Waals surface area contributed by atoms with Crippen LogP contribution in [0.25, 0.3) is 22.6 Å². The average Bonchev–Trinajstić information content (AvgIpc) is 3.25. The summed E-state index contributed by atoms with van der Waals surface area (Å²) in [7, 11) is 0. The number of carbonyl (C=O) groups excluding carboxylic acids is 1. The molecule has 0 radical (unpaired) electrons. The molecular weight excluding hydrogens is 483 g/mol. The molecule has 4 rings (SSSR count). The normalized spacial score (nSPS) is 11.5. The zero-order chi connectivity index (χ0) is 25.7. The van der Waals surface area contributed by atoms with Crippen molar-refractivity contribution in [2.45, 2.75) is 27.3 Å². The maximum Gasteiger partial charge on any atom is 0.250 e. The number of allylic oxidation sites excluding steroid dienone is 1. The van der Waals surface area contributed by atoms with Crippen LogP contribution in [0.1, 0.15) is 42.4 Å². The molecule has 0 fully saturated rings. The SMILES string of the molecule is C/C(=C(/N)c1c(-c2ccc(Cl)cc2)nc2ccccn12)N(N)Cc1ccc(Cl)c(C(N)=O)c1.CC. The van der Waals surface area contributed by atoms with Crippen LogP contribution < -0.4 is 17.3 Å². The number of benzene rings is 2. The Morgan fingerprint density at radius 1 is 1.03 bits per heavy atom. The van der Waals surface area contributed by atoms with Gasteiger partial charge in [0.15, 0.2) is 0 Å². The Morgan fingerprint density at radius 3 is 2.37 bits per heavy atom. The maximum atomic E-state index is 11.6. The Hall–Kier alpha value is -3.52. The zero-order valence-corrected chi connectivity index (χ0v) is 21.3. The molecule has 0 atom stereocenters. The van der Waals surface area contributed by atoms with Gasteiger partial charge in [-0.3, -0.25) is 9.20 Å². The van der Waals surface area contributed by atoms with Crippen LogP contribution in [0.5, 0.6) is 0 Å². The first kappa shape index (κ1) is 26.1. The fourth-order valence-corrected chi connectivity index (χ4v) is 3.90. The minimum absolute atomic E-state index is 0.240. The van der Waals surface area contributed by atoms with Crippen molar-refractivity contribution in [2.24, 2.45) is 17.3 Å². The Balaban J connectivity index is 0.00000167. The maximum absolute atomic E-state index is 11.6. The lowest BCUT2D eigenvalue weighted by molar-refractivity contribution is 0.1000. The highest BCUT2D eigenvalue weighted by Crippen LogP contribution is 2.30. The summed E-state index contributed by atoms with van der Waals surface area (Å²) >= 11 is 12.1. The molecule has 0 aliphatic rings. The molecule has 0 aliphatic carbocycles. The number of fused-ring (bicyclic) bond motifs is 1. The van der Waals surface area contributed by atoms with E-state index in [1.165, 1.54) is 5.01 Å². The monoisotopic (exact) mass is 510 g/mol. The third-order valence-corrected chi connectivity index (χ3v) is 5.95. The predicted octanol–water partition coefficient (Wildman–Crippen LogP) is 5.46. The van der Waals surface area contributed by atoms with E-state index in [0.717, 1.165) is 22.5 Å². The van der Waals surface area contributed by atoms with Crippen LogP contribution in [0.4, 0.5) is 0 Å². The van der Waals surface area contributed by atoms with Gasteiger partial charge in [-0.05, 0) is 48.9 Å². The lowest BCUT2D eigenvalue weighted by atomic mass is 10.1. The van der Waals surface area contributed by atoms with E-state index in [1.807, 2.05) is 73.8 Å². The van der Waals surface area contributed by atoms with Gasteiger partial charge in [0.1, 0.15) is 5.65 Å². The molecule has 0 saturated carbocycles. The van der Waals surface area contributed by atoms with Gasteiger partial charge in [0.25, 0.3) is 0 Å². The van der Waals surface area contributed by atoms with E-state index < -0.39 is 5.91 Å². The number of pyridine rings is 1. The van der Waals surface area contributed by atoms with E-state index in [4.69, 9.17) is 45.5 Å². The highest BCUT2D eigenvalue weighted by atomic mass is 35.5. The number of carbonyl (C=O) groups is 1. The fraction of sp³-hybridized carbons (Fsp3) is 0.154. The highest BCUT2D eigenvalue weighted by molar-refractivity contribution is 6.33. The van der Waals surface area contributed by atoms with Crippen LogP contribution in [-0.2, 0) is 6.54 Å². The molecule has 9 heteroatoms. The van der Waals surface area contributed by atoms with Crippen molar-refractivity contribution in [3.05, 3.63) is 99.4 Å². The summed E-state index contributed by atoms with van der Waals surface area (Å²) in [6, 6.07) is 18.2. The summed E-state index contributed by atoms with van der Waals surface area (Å²) in [5.74, 6) is 5.77. The molecule has 2 aromatic heterocycles. The summed E-state index contributed by atoms with van der Waals surface area (Å²) in [6.45, 7) is 6.12. The minimum Gasteiger partial charge on any atom is -0.396 e. The number of hydrogen-bond donors (Lipinski definition) is 3. The standard InChI is InChI=1S/C24H22Cl2N6O.C2H6/c1-14(32(29)13-15-5-10-19(26)18(12-15)24(28)33)21(27)23-22(16-6-8-17(25)9-7-16)30-20-4-2-3-11-31(20)23;1-2/h2-12H,13,27,29H2,1H3,(H2,28,33);1-2H3/b21-14-;. The number of amides is 1. The van der Waals surface area contributed by atoms with Crippen LogP contribution in [0.2, 0.25) is 10.0 Å². The van der Waals surface area contributed by atoms with Crippen LogP contribution in [0, 0.1) is 0 Å². The summed E-state index contributed by atoms with van der Waals surface area (Å²) in [5.41, 5.74) is 17.2. The lowest BCUT2D eigenvalue weighted by Crippen LogP contribution is -2.30. The number of nitrogens with two attached hydrogens (primary N) is 3. The first-order chi connectivity index (χ1) is 16.8. The number of imidazole rings is 1. The second kappa shape index (κ2) is 11.3. The molecule has 7 nitrogen and oxygen atoms in total. The molecule has 2 aromatic carbocycles. The number of primary amides is 1. The van der Waals surface area contributed by atoms with Crippen molar-refractivity contribution < 1.29 is 4.79 Å². The smallest absolute Gasteiger partial charge is 0.250 e. The summed E-state index contributed by atoms with van der Waals surface area (Å²) in [6.07, 6.45) is 1.90. The van der Waals surface area contributed by atoms with Gasteiger partial charge in [-0.15, -0.1) is 0 Å².